The molecule has 0 aliphatic carbocycles. The van der Waals surface area contributed by atoms with Gasteiger partial charge in [0.15, 0.2) is 6.10 Å². The first kappa shape index (κ1) is 112. The highest BCUT2D eigenvalue weighted by molar-refractivity contribution is 7.47. The van der Waals surface area contributed by atoms with Gasteiger partial charge >= 0.3 is 33.6 Å². The summed E-state index contributed by atoms with van der Waals surface area (Å²) >= 11 is 0. The smallest absolute Gasteiger partial charge is 0.463 e. The van der Waals surface area contributed by atoms with Crippen LogP contribution in [0.25, 0.3) is 0 Å². The molecule has 0 saturated heterocycles. The van der Waals surface area contributed by atoms with Crippen molar-refractivity contribution in [3.05, 3.63) is 158 Å². The number of rotatable bonds is 88. The third kappa shape index (κ3) is 91.7. The van der Waals surface area contributed by atoms with Gasteiger partial charge in [-0.25, -0.2) is 9.13 Å². The van der Waals surface area contributed by atoms with Crippen molar-refractivity contribution in [2.75, 3.05) is 39.6 Å². The number of hydrogen-bond donors (Lipinski definition) is 4. The molecule has 0 fully saturated rings. The molecular weight excluding hydrogens is 1510 g/mol. The summed E-state index contributed by atoms with van der Waals surface area (Å²) in [7, 11) is -9.81. The lowest BCUT2D eigenvalue weighted by atomic mass is 10.0. The molecule has 0 aromatic carbocycles. The summed E-state index contributed by atoms with van der Waals surface area (Å²) < 4.78 is 61.4. The Morgan fingerprint density at radius 1 is 0.248 bits per heavy atom. The summed E-state index contributed by atoms with van der Waals surface area (Å²) in [5.41, 5.74) is 0. The SMILES string of the molecule is CC/C=C\C/C=C\C/C=C\C/C=C\C/C=C\C/C=C\CCCCCCCCCCCCCCC(=O)OCC(COP(=O)(O)OCC(O)COP(=O)(O)OCC(O)COC(=O)CCCCCCCCCCCCCCCCCCCCC/C=C\C/C=C\C/C=C\C/C=C\CCCCC)OC(=O)CCCCCCC/C=C\C/C=C\C/C=C\CC. The lowest BCUT2D eigenvalue weighted by molar-refractivity contribution is -0.161. The van der Waals surface area contributed by atoms with E-state index in [0.29, 0.717) is 19.3 Å². The van der Waals surface area contributed by atoms with Gasteiger partial charge in [-0.2, -0.15) is 0 Å². The van der Waals surface area contributed by atoms with E-state index in [2.05, 4.69) is 179 Å². The van der Waals surface area contributed by atoms with Gasteiger partial charge in [0.25, 0.3) is 0 Å². The molecule has 0 rings (SSSR count). The molecule has 0 aliphatic heterocycles. The third-order valence-corrected chi connectivity index (χ3v) is 21.6. The average molecular weight is 1680 g/mol. The molecule has 4 N–H and O–H groups in total. The number of allylic oxidation sites excluding steroid dienone is 26. The molecule has 0 aromatic rings. The van der Waals surface area contributed by atoms with Crippen molar-refractivity contribution < 1.29 is 75.8 Å². The first-order chi connectivity index (χ1) is 57.2. The van der Waals surface area contributed by atoms with Crippen LogP contribution >= 0.6 is 15.6 Å². The topological polar surface area (TPSA) is 231 Å². The van der Waals surface area contributed by atoms with Crippen molar-refractivity contribution in [3.8, 4) is 0 Å². The molecule has 0 bridgehead atoms. The van der Waals surface area contributed by atoms with E-state index in [4.69, 9.17) is 32.3 Å². The van der Waals surface area contributed by atoms with Crippen molar-refractivity contribution in [2.24, 2.45) is 0 Å². The van der Waals surface area contributed by atoms with Crippen molar-refractivity contribution in [1.29, 1.82) is 0 Å². The van der Waals surface area contributed by atoms with E-state index in [1.54, 1.807) is 0 Å². The Morgan fingerprint density at radius 2 is 0.453 bits per heavy atom. The van der Waals surface area contributed by atoms with Gasteiger partial charge in [0, 0.05) is 19.3 Å². The number of aliphatic hydroxyl groups excluding tert-OH is 2. The van der Waals surface area contributed by atoms with Crippen molar-refractivity contribution >= 4 is 33.6 Å². The number of carbonyl (C=O) groups is 3. The van der Waals surface area contributed by atoms with E-state index < -0.39 is 91.5 Å². The van der Waals surface area contributed by atoms with Gasteiger partial charge in [0.05, 0.1) is 26.4 Å². The minimum atomic E-state index is -4.94. The number of carbonyl (C=O) groups excluding carboxylic acids is 3. The lowest BCUT2D eigenvalue weighted by Crippen LogP contribution is -2.30. The number of unbranched alkanes of at least 4 members (excludes halogenated alkanes) is 39. The van der Waals surface area contributed by atoms with E-state index in [0.717, 1.165) is 161 Å². The molecule has 0 aromatic heterocycles. The fraction of sp³-hybridized carbons (Fsp3) is 0.707. The summed E-state index contributed by atoms with van der Waals surface area (Å²) in [6.45, 7) is 2.45. The molecule has 0 saturated carbocycles. The highest BCUT2D eigenvalue weighted by Gasteiger charge is 2.29. The van der Waals surface area contributed by atoms with Crippen LogP contribution in [0.3, 0.4) is 0 Å². The molecular formula is C99H170O16P2. The molecule has 0 spiro atoms. The molecule has 0 aliphatic rings. The second-order valence-corrected chi connectivity index (χ2v) is 34.0. The Labute approximate surface area is 714 Å². The van der Waals surface area contributed by atoms with Crippen LogP contribution in [-0.4, -0.2) is 95.9 Å². The maximum Gasteiger partial charge on any atom is 0.472 e. The van der Waals surface area contributed by atoms with Crippen molar-refractivity contribution in [3.63, 3.8) is 0 Å². The van der Waals surface area contributed by atoms with Crippen LogP contribution in [0.15, 0.2) is 158 Å². The number of esters is 3. The second kappa shape index (κ2) is 90.4. The number of hydrogen-bond acceptors (Lipinski definition) is 14. The van der Waals surface area contributed by atoms with Gasteiger partial charge in [0.1, 0.15) is 25.4 Å². The highest BCUT2D eigenvalue weighted by atomic mass is 31.2. The zero-order valence-corrected chi connectivity index (χ0v) is 75.9. The minimum Gasteiger partial charge on any atom is -0.463 e. The Kier molecular flexibility index (Phi) is 86.7. The standard InChI is InChI=1S/C99H170O16P2/c1-4-7-10-13-16-19-22-25-28-30-32-34-36-38-40-42-44-45-46-47-49-51-52-54-56-58-60-62-65-67-70-73-76-79-82-85-97(102)109-88-94(100)89-111-116(105,106)112-90-95(101)91-113-117(107,108)114-93-96(115-99(104)87-84-81-78-75-72-69-64-27-24-21-18-15-12-9-6-3)92-110-98(103)86-83-80-77-74-71-68-66-63-61-59-57-55-53-50-48-43-41-39-37-35-33-31-29-26-23-20-17-14-11-8-5-2/h8-9,11-12,16-21,25-29,32-35,38-41,48,50,64,94-96,100-101H,4-7,10,13-15,22-24,30-31,36-37,42-47,49,51-63,65-93H2,1-3H3,(H,105,106)(H,107,108)/b11-8-,12-9-,19-16-,20-17-,21-18-,28-25-,29-26-,34-32-,35-33-,40-38-,41-39-,50-48-,64-27-. The van der Waals surface area contributed by atoms with Crippen molar-refractivity contribution in [1.82, 2.24) is 0 Å². The van der Waals surface area contributed by atoms with Crippen LogP contribution in [0.4, 0.5) is 0 Å². The molecule has 0 heterocycles. The third-order valence-electron chi connectivity index (χ3n) is 19.7. The largest absolute Gasteiger partial charge is 0.472 e. The van der Waals surface area contributed by atoms with E-state index in [1.165, 1.54) is 173 Å². The number of aliphatic hydroxyl groups is 2. The van der Waals surface area contributed by atoms with Gasteiger partial charge in [0.2, 0.25) is 0 Å². The van der Waals surface area contributed by atoms with Gasteiger partial charge in [-0.15, -0.1) is 0 Å². The van der Waals surface area contributed by atoms with Crippen LogP contribution in [0, 0.1) is 0 Å². The van der Waals surface area contributed by atoms with Gasteiger partial charge < -0.3 is 34.2 Å². The van der Waals surface area contributed by atoms with Crippen LogP contribution in [0.2, 0.25) is 0 Å². The van der Waals surface area contributed by atoms with E-state index in [1.807, 2.05) is 0 Å². The second-order valence-electron chi connectivity index (χ2n) is 31.0. The van der Waals surface area contributed by atoms with Gasteiger partial charge in [-0.3, -0.25) is 32.5 Å². The fourth-order valence-electron chi connectivity index (χ4n) is 12.7. The Morgan fingerprint density at radius 3 is 0.718 bits per heavy atom. The highest BCUT2D eigenvalue weighted by Crippen LogP contribution is 2.45. The van der Waals surface area contributed by atoms with Crippen LogP contribution in [-0.2, 0) is 55.8 Å². The summed E-state index contributed by atoms with van der Waals surface area (Å²) in [5.74, 6) is -1.59. The fourth-order valence-corrected chi connectivity index (χ4v) is 14.3. The van der Waals surface area contributed by atoms with E-state index in [9.17, 15) is 43.5 Å². The zero-order chi connectivity index (χ0) is 85.1. The van der Waals surface area contributed by atoms with Gasteiger partial charge in [-0.1, -0.05) is 384 Å². The first-order valence-electron chi connectivity index (χ1n) is 46.8. The number of ether oxygens (including phenoxy) is 3. The maximum absolute atomic E-state index is 13.0. The Balaban J connectivity index is 4.43. The molecule has 5 unspecified atom stereocenters. The predicted octanol–water partition coefficient (Wildman–Crippen LogP) is 28.9. The predicted molar refractivity (Wildman–Crippen MR) is 491 cm³/mol. The van der Waals surface area contributed by atoms with E-state index in [-0.39, 0.29) is 19.3 Å². The van der Waals surface area contributed by atoms with Crippen LogP contribution in [0.5, 0.6) is 0 Å². The molecule has 672 valence electrons. The number of phosphoric ester groups is 2. The normalized spacial score (nSPS) is 14.5. The maximum atomic E-state index is 13.0. The first-order valence-corrected chi connectivity index (χ1v) is 49.8. The lowest BCUT2D eigenvalue weighted by Gasteiger charge is -2.21. The minimum absolute atomic E-state index is 0.0820. The monoisotopic (exact) mass is 1680 g/mol. The van der Waals surface area contributed by atoms with Gasteiger partial charge in [-0.05, 0) is 148 Å². The number of phosphoric acid groups is 2. The summed E-state index contributed by atoms with van der Waals surface area (Å²) in [6.07, 6.45) is 116. The average Bonchev–Trinajstić information content (AvgIpc) is 0.865. The van der Waals surface area contributed by atoms with Crippen LogP contribution < -0.4 is 0 Å². The summed E-state index contributed by atoms with van der Waals surface area (Å²) in [6, 6.07) is 0. The molecule has 0 radical (unpaired) electrons. The molecule has 18 heteroatoms. The molecule has 16 nitrogen and oxygen atoms in total. The Hall–Kier alpha value is -4.83. The molecule has 117 heavy (non-hydrogen) atoms. The summed E-state index contributed by atoms with van der Waals surface area (Å²) in [5, 5.41) is 20.7. The molecule has 0 amide bonds. The van der Waals surface area contributed by atoms with Crippen LogP contribution in [0.1, 0.15) is 393 Å². The van der Waals surface area contributed by atoms with Crippen molar-refractivity contribution in [2.45, 2.75) is 411 Å². The molecule has 5 atom stereocenters. The Bertz CT molecular complexity index is 2760. The van der Waals surface area contributed by atoms with E-state index >= 15 is 0 Å². The summed E-state index contributed by atoms with van der Waals surface area (Å²) in [4.78, 5) is 58.9. The zero-order valence-electron chi connectivity index (χ0n) is 74.1. The quantitative estimate of drug-likeness (QED) is 0.0146.